The van der Waals surface area contributed by atoms with Crippen molar-refractivity contribution in [2.24, 2.45) is 0 Å². The number of carbonyl (C=O) groups is 8. The molecule has 0 radical (unpaired) electrons. The van der Waals surface area contributed by atoms with Crippen LogP contribution in [-0.4, -0.2) is 46.3 Å². The summed E-state index contributed by atoms with van der Waals surface area (Å²) in [5.74, 6) is -0.0765. The van der Waals surface area contributed by atoms with Gasteiger partial charge in [-0.2, -0.15) is 0 Å². The summed E-state index contributed by atoms with van der Waals surface area (Å²) in [5, 5.41) is 0. The van der Waals surface area contributed by atoms with E-state index in [1.54, 1.807) is 27.7 Å². The molecule has 0 spiro atoms. The van der Waals surface area contributed by atoms with Gasteiger partial charge in [0.15, 0.2) is 0 Å². The van der Waals surface area contributed by atoms with Crippen molar-refractivity contribution in [2.45, 2.75) is 107 Å². The van der Waals surface area contributed by atoms with Crippen LogP contribution in [0.3, 0.4) is 0 Å². The van der Waals surface area contributed by atoms with Crippen molar-refractivity contribution in [3.8, 4) is 0 Å². The third-order valence-corrected chi connectivity index (χ3v) is 3.36. The van der Waals surface area contributed by atoms with E-state index in [1.807, 2.05) is 0 Å². The number of hydrogen-bond donors (Lipinski definition) is 0. The fourth-order valence-corrected chi connectivity index (χ4v) is 1.61. The van der Waals surface area contributed by atoms with Crippen LogP contribution in [0.4, 0.5) is 0 Å². The molecule has 0 aliphatic carbocycles. The number of carbonyl (C=O) groups excluding carboxylic acids is 8. The van der Waals surface area contributed by atoms with Crippen molar-refractivity contribution in [1.29, 1.82) is 0 Å². The fraction of sp³-hybridized carbons (Fsp3) is 0.667. The predicted octanol–water partition coefficient (Wildman–Crippen LogP) is 3.78. The number of hydrogen-bond acceptors (Lipinski definition) is 8. The molecule has 0 unspecified atom stereocenters. The van der Waals surface area contributed by atoms with E-state index in [9.17, 15) is 38.4 Å². The third-order valence-electron chi connectivity index (χ3n) is 3.36. The Hall–Kier alpha value is -1.76. The second-order valence-corrected chi connectivity index (χ2v) is 7.08. The largest absolute Gasteiger partial charge is 0.300 e. The molecule has 0 aromatic heterocycles. The molecule has 0 atom stereocenters. The van der Waals surface area contributed by atoms with Crippen LogP contribution in [0.5, 0.6) is 0 Å². The molecule has 0 bridgehead atoms. The Kier molecular flexibility index (Phi) is 35.6. The van der Waals surface area contributed by atoms with Crippen LogP contribution in [0.15, 0.2) is 0 Å². The Morgan fingerprint density at radius 2 is 0.485 bits per heavy atom. The minimum atomic E-state index is -0.0446. The molecule has 0 aliphatic rings. The van der Waals surface area contributed by atoms with Crippen LogP contribution in [0.1, 0.15) is 107 Å². The van der Waals surface area contributed by atoms with E-state index in [1.165, 1.54) is 27.7 Å². The summed E-state index contributed by atoms with van der Waals surface area (Å²) in [7, 11) is 0. The monoisotopic (exact) mass is 546 g/mol. The first-order valence-electron chi connectivity index (χ1n) is 10.7. The zero-order valence-corrected chi connectivity index (χ0v) is 23.9. The second kappa shape index (κ2) is 28.3. The van der Waals surface area contributed by atoms with Gasteiger partial charge in [-0.15, -0.1) is 0 Å². The van der Waals surface area contributed by atoms with Crippen molar-refractivity contribution >= 4 is 46.3 Å². The maximum Gasteiger partial charge on any atom is 0.139 e. The van der Waals surface area contributed by atoms with Gasteiger partial charge in [0.25, 0.3) is 0 Å². The van der Waals surface area contributed by atoms with Gasteiger partial charge in [0.2, 0.25) is 0 Å². The van der Waals surface area contributed by atoms with Gasteiger partial charge in [0.1, 0.15) is 46.3 Å². The first kappa shape index (κ1) is 41.5. The standard InChI is InChI=1S/4C6H10O2.Zr/c4*1-3-6(8)4-5(2)7;/h4*3-4H2,1-2H3;. The van der Waals surface area contributed by atoms with Crippen molar-refractivity contribution in [2.75, 3.05) is 0 Å². The first-order valence-corrected chi connectivity index (χ1v) is 10.7. The minimum Gasteiger partial charge on any atom is -0.300 e. The second-order valence-electron chi connectivity index (χ2n) is 7.08. The molecule has 9 heteroatoms. The number of rotatable bonds is 12. The molecule has 0 aromatic carbocycles. The maximum absolute atomic E-state index is 10.4. The van der Waals surface area contributed by atoms with Crippen molar-refractivity contribution in [3.05, 3.63) is 0 Å². The Bertz CT molecular complexity index is 539. The molecule has 0 saturated heterocycles. The van der Waals surface area contributed by atoms with Crippen molar-refractivity contribution in [3.63, 3.8) is 0 Å². The average molecular weight is 548 g/mol. The summed E-state index contributed by atoms with van der Waals surface area (Å²) in [6.45, 7) is 12.7. The zero-order valence-electron chi connectivity index (χ0n) is 21.4. The Labute approximate surface area is 217 Å². The molecule has 0 heterocycles. The molecule has 188 valence electrons. The van der Waals surface area contributed by atoms with Gasteiger partial charge in [-0.3, -0.25) is 38.4 Å². The Balaban J connectivity index is -0.000000105. The predicted molar refractivity (Wildman–Crippen MR) is 122 cm³/mol. The molecule has 0 aromatic rings. The van der Waals surface area contributed by atoms with Crippen molar-refractivity contribution < 1.29 is 64.6 Å². The van der Waals surface area contributed by atoms with Gasteiger partial charge < -0.3 is 0 Å². The third kappa shape index (κ3) is 48.8. The summed E-state index contributed by atoms with van der Waals surface area (Å²) >= 11 is 0. The molecule has 8 nitrogen and oxygen atoms in total. The topological polar surface area (TPSA) is 137 Å². The smallest absolute Gasteiger partial charge is 0.139 e. The summed E-state index contributed by atoms with van der Waals surface area (Å²) in [5.41, 5.74) is 0. The summed E-state index contributed by atoms with van der Waals surface area (Å²) in [6, 6.07) is 0. The average Bonchev–Trinajstić information content (AvgIpc) is 2.67. The molecule has 0 N–H and O–H groups in total. The van der Waals surface area contributed by atoms with Gasteiger partial charge >= 0.3 is 0 Å². The van der Waals surface area contributed by atoms with E-state index in [4.69, 9.17) is 0 Å². The zero-order chi connectivity index (χ0) is 26.3. The Morgan fingerprint density at radius 1 is 0.364 bits per heavy atom. The van der Waals surface area contributed by atoms with E-state index in [0.29, 0.717) is 25.7 Å². The van der Waals surface area contributed by atoms with E-state index in [-0.39, 0.29) is 98.2 Å². The molecule has 0 fully saturated rings. The van der Waals surface area contributed by atoms with Gasteiger partial charge in [0.05, 0.1) is 25.7 Å². The van der Waals surface area contributed by atoms with E-state index >= 15 is 0 Å². The van der Waals surface area contributed by atoms with Gasteiger partial charge in [-0.05, 0) is 27.7 Å². The van der Waals surface area contributed by atoms with Crippen LogP contribution in [-0.2, 0) is 64.6 Å². The van der Waals surface area contributed by atoms with E-state index in [2.05, 4.69) is 0 Å². The number of Topliss-reactive ketones (excluding diaryl/α,β-unsaturated/α-hetero) is 8. The van der Waals surface area contributed by atoms with Crippen LogP contribution in [0.2, 0.25) is 0 Å². The van der Waals surface area contributed by atoms with Crippen LogP contribution < -0.4 is 0 Å². The summed E-state index contributed by atoms with van der Waals surface area (Å²) in [4.78, 5) is 82.4. The molecule has 0 aliphatic heterocycles. The van der Waals surface area contributed by atoms with Gasteiger partial charge in [0, 0.05) is 51.9 Å². The molecule has 0 rings (SSSR count). The molecular weight excluding hydrogens is 507 g/mol. The van der Waals surface area contributed by atoms with Crippen LogP contribution in [0, 0.1) is 0 Å². The minimum absolute atomic E-state index is 0. The number of ketones is 8. The fourth-order valence-electron chi connectivity index (χ4n) is 1.61. The normalized spacial score (nSPS) is 8.48. The SMILES string of the molecule is CCC(=O)CC(C)=O.CCC(=O)CC(C)=O.CCC(=O)CC(C)=O.CCC(=O)CC(C)=O.[Zr]. The van der Waals surface area contributed by atoms with Crippen LogP contribution in [0.25, 0.3) is 0 Å². The van der Waals surface area contributed by atoms with Crippen molar-refractivity contribution in [1.82, 2.24) is 0 Å². The molecule has 0 amide bonds. The maximum atomic E-state index is 10.4. The van der Waals surface area contributed by atoms with E-state index in [0.717, 1.165) is 0 Å². The summed E-state index contributed by atoms with van der Waals surface area (Å²) < 4.78 is 0. The Morgan fingerprint density at radius 3 is 0.515 bits per heavy atom. The van der Waals surface area contributed by atoms with E-state index < -0.39 is 0 Å². The van der Waals surface area contributed by atoms with Crippen LogP contribution >= 0.6 is 0 Å². The van der Waals surface area contributed by atoms with Gasteiger partial charge in [-0.1, -0.05) is 27.7 Å². The first-order chi connectivity index (χ1) is 14.7. The molecular formula is C24H40O8Zr. The summed E-state index contributed by atoms with van der Waals surface area (Å²) in [6.07, 6.45) is 2.32. The molecule has 0 saturated carbocycles. The van der Waals surface area contributed by atoms with Gasteiger partial charge in [-0.25, -0.2) is 0 Å². The molecule has 33 heavy (non-hydrogen) atoms. The quantitative estimate of drug-likeness (QED) is 0.337.